The third-order valence-corrected chi connectivity index (χ3v) is 4.97. The Morgan fingerprint density at radius 3 is 2.29 bits per heavy atom. The number of amides is 1. The monoisotopic (exact) mass is 373 g/mol. The number of rotatable bonds is 3. The van der Waals surface area contributed by atoms with Gasteiger partial charge in [0.15, 0.2) is 5.82 Å². The van der Waals surface area contributed by atoms with E-state index in [2.05, 4.69) is 26.1 Å². The van der Waals surface area contributed by atoms with Crippen LogP contribution in [0.4, 0.5) is 5.82 Å². The van der Waals surface area contributed by atoms with Gasteiger partial charge in [0.25, 0.3) is 5.91 Å². The third-order valence-electron chi connectivity index (χ3n) is 4.97. The minimum absolute atomic E-state index is 0.101. The van der Waals surface area contributed by atoms with E-state index in [1.807, 2.05) is 55.1 Å². The highest BCUT2D eigenvalue weighted by Crippen LogP contribution is 2.19. The second-order valence-electron chi connectivity index (χ2n) is 7.17. The highest BCUT2D eigenvalue weighted by atomic mass is 16.2. The molecule has 1 amide bonds. The number of benzene rings is 1. The molecule has 0 radical (unpaired) electrons. The lowest BCUT2D eigenvalue weighted by molar-refractivity contribution is 0.0746. The summed E-state index contributed by atoms with van der Waals surface area (Å²) in [6, 6.07) is 13.8. The maximum absolute atomic E-state index is 12.8. The SMILES string of the molecule is Cc1cc(C)cc(C(=O)N2CCN(c3ccc(-c4cccnc4)nn3)CC2)c1. The van der Waals surface area contributed by atoms with E-state index in [1.165, 1.54) is 0 Å². The predicted octanol–water partition coefficient (Wildman–Crippen LogP) is 3.12. The quantitative estimate of drug-likeness (QED) is 0.706. The largest absolute Gasteiger partial charge is 0.352 e. The Labute approximate surface area is 164 Å². The summed E-state index contributed by atoms with van der Waals surface area (Å²) in [4.78, 5) is 21.0. The van der Waals surface area contributed by atoms with E-state index in [4.69, 9.17) is 0 Å². The zero-order valence-electron chi connectivity index (χ0n) is 16.2. The van der Waals surface area contributed by atoms with Gasteiger partial charge in [-0.25, -0.2) is 0 Å². The first-order chi connectivity index (χ1) is 13.6. The van der Waals surface area contributed by atoms with Gasteiger partial charge in [-0.05, 0) is 50.2 Å². The Hall–Kier alpha value is -3.28. The van der Waals surface area contributed by atoms with Crippen molar-refractivity contribution in [3.63, 3.8) is 0 Å². The highest BCUT2D eigenvalue weighted by Gasteiger charge is 2.23. The van der Waals surface area contributed by atoms with Crippen LogP contribution in [-0.4, -0.2) is 52.2 Å². The average molecular weight is 373 g/mol. The summed E-state index contributed by atoms with van der Waals surface area (Å²) in [7, 11) is 0. The Morgan fingerprint density at radius 1 is 0.929 bits per heavy atom. The molecule has 28 heavy (non-hydrogen) atoms. The number of hydrogen-bond donors (Lipinski definition) is 0. The van der Waals surface area contributed by atoms with Gasteiger partial charge >= 0.3 is 0 Å². The second-order valence-corrected chi connectivity index (χ2v) is 7.17. The number of nitrogens with zero attached hydrogens (tertiary/aromatic N) is 5. The summed E-state index contributed by atoms with van der Waals surface area (Å²) >= 11 is 0. The molecule has 1 saturated heterocycles. The van der Waals surface area contributed by atoms with Crippen molar-refractivity contribution < 1.29 is 4.79 Å². The molecule has 3 aromatic rings. The molecule has 1 aromatic carbocycles. The van der Waals surface area contributed by atoms with E-state index < -0.39 is 0 Å². The summed E-state index contributed by atoms with van der Waals surface area (Å²) in [5, 5.41) is 8.71. The third kappa shape index (κ3) is 3.86. The van der Waals surface area contributed by atoms with Crippen molar-refractivity contribution in [2.45, 2.75) is 13.8 Å². The molecular weight excluding hydrogens is 350 g/mol. The molecule has 0 saturated carbocycles. The fourth-order valence-electron chi connectivity index (χ4n) is 3.58. The van der Waals surface area contributed by atoms with Gasteiger partial charge in [-0.15, -0.1) is 10.2 Å². The molecule has 6 heteroatoms. The predicted molar refractivity (Wildman–Crippen MR) is 109 cm³/mol. The summed E-state index contributed by atoms with van der Waals surface area (Å²) in [6.45, 7) is 6.90. The smallest absolute Gasteiger partial charge is 0.253 e. The Morgan fingerprint density at radius 2 is 1.68 bits per heavy atom. The summed E-state index contributed by atoms with van der Waals surface area (Å²) in [5.41, 5.74) is 4.76. The number of hydrogen-bond acceptors (Lipinski definition) is 5. The summed E-state index contributed by atoms with van der Waals surface area (Å²) < 4.78 is 0. The standard InChI is InChI=1S/C22H23N5O/c1-16-12-17(2)14-19(13-16)22(28)27-10-8-26(9-11-27)21-6-5-20(24-25-21)18-4-3-7-23-15-18/h3-7,12-15H,8-11H2,1-2H3. The normalized spacial score (nSPS) is 14.2. The van der Waals surface area contributed by atoms with Crippen molar-refractivity contribution in [1.82, 2.24) is 20.1 Å². The number of carbonyl (C=O) groups excluding carboxylic acids is 1. The summed E-state index contributed by atoms with van der Waals surface area (Å²) in [5.74, 6) is 0.940. The van der Waals surface area contributed by atoms with E-state index in [-0.39, 0.29) is 5.91 Å². The minimum Gasteiger partial charge on any atom is -0.352 e. The first-order valence-electron chi connectivity index (χ1n) is 9.47. The molecule has 0 atom stereocenters. The van der Waals surface area contributed by atoms with E-state index >= 15 is 0 Å². The van der Waals surface area contributed by atoms with Gasteiger partial charge < -0.3 is 9.80 Å². The highest BCUT2D eigenvalue weighted by molar-refractivity contribution is 5.94. The molecule has 1 fully saturated rings. The molecule has 0 bridgehead atoms. The Bertz CT molecular complexity index is 944. The molecule has 0 unspecified atom stereocenters. The van der Waals surface area contributed by atoms with Gasteiger partial charge in [0.1, 0.15) is 0 Å². The molecule has 3 heterocycles. The first kappa shape index (κ1) is 18.1. The van der Waals surface area contributed by atoms with E-state index in [9.17, 15) is 4.79 Å². The van der Waals surface area contributed by atoms with Crippen molar-refractivity contribution in [3.05, 3.63) is 71.5 Å². The van der Waals surface area contributed by atoms with Gasteiger partial charge in [-0.2, -0.15) is 0 Å². The molecule has 6 nitrogen and oxygen atoms in total. The van der Waals surface area contributed by atoms with Crippen LogP contribution in [0.3, 0.4) is 0 Å². The van der Waals surface area contributed by atoms with Crippen LogP contribution in [0.5, 0.6) is 0 Å². The lowest BCUT2D eigenvalue weighted by atomic mass is 10.1. The topological polar surface area (TPSA) is 62.2 Å². The lowest BCUT2D eigenvalue weighted by Crippen LogP contribution is -2.49. The van der Waals surface area contributed by atoms with Crippen LogP contribution in [0.25, 0.3) is 11.3 Å². The van der Waals surface area contributed by atoms with Gasteiger partial charge in [-0.3, -0.25) is 9.78 Å². The van der Waals surface area contributed by atoms with Crippen LogP contribution < -0.4 is 4.90 Å². The van der Waals surface area contributed by atoms with Crippen LogP contribution >= 0.6 is 0 Å². The van der Waals surface area contributed by atoms with Gasteiger partial charge in [0.05, 0.1) is 5.69 Å². The van der Waals surface area contributed by atoms with E-state index in [0.717, 1.165) is 46.9 Å². The Balaban J connectivity index is 1.40. The van der Waals surface area contributed by atoms with Gasteiger partial charge in [0, 0.05) is 49.7 Å². The molecule has 1 aliphatic heterocycles. The first-order valence-corrected chi connectivity index (χ1v) is 9.47. The van der Waals surface area contributed by atoms with Crippen molar-refractivity contribution >= 4 is 11.7 Å². The molecular formula is C22H23N5O. The lowest BCUT2D eigenvalue weighted by Gasteiger charge is -2.35. The zero-order valence-corrected chi connectivity index (χ0v) is 16.2. The van der Waals surface area contributed by atoms with Crippen molar-refractivity contribution in [2.24, 2.45) is 0 Å². The van der Waals surface area contributed by atoms with Crippen LogP contribution in [0, 0.1) is 13.8 Å². The number of aryl methyl sites for hydroxylation is 2. The maximum atomic E-state index is 12.8. The van der Waals surface area contributed by atoms with Gasteiger partial charge in [-0.1, -0.05) is 17.2 Å². The fourth-order valence-corrected chi connectivity index (χ4v) is 3.58. The summed E-state index contributed by atoms with van der Waals surface area (Å²) in [6.07, 6.45) is 3.52. The number of pyridine rings is 1. The van der Waals surface area contributed by atoms with Crippen molar-refractivity contribution in [1.29, 1.82) is 0 Å². The number of aromatic nitrogens is 3. The average Bonchev–Trinajstić information content (AvgIpc) is 2.73. The van der Waals surface area contributed by atoms with Crippen molar-refractivity contribution in [3.8, 4) is 11.3 Å². The number of carbonyl (C=O) groups is 1. The minimum atomic E-state index is 0.101. The van der Waals surface area contributed by atoms with Gasteiger partial charge in [0.2, 0.25) is 0 Å². The Kier molecular flexibility index (Phi) is 5.02. The van der Waals surface area contributed by atoms with Crippen LogP contribution in [0.15, 0.2) is 54.9 Å². The van der Waals surface area contributed by atoms with E-state index in [0.29, 0.717) is 13.1 Å². The number of anilines is 1. The molecule has 0 N–H and O–H groups in total. The molecule has 0 spiro atoms. The molecule has 1 aliphatic rings. The van der Waals surface area contributed by atoms with Crippen LogP contribution in [-0.2, 0) is 0 Å². The molecule has 142 valence electrons. The maximum Gasteiger partial charge on any atom is 0.253 e. The van der Waals surface area contributed by atoms with E-state index in [1.54, 1.807) is 12.4 Å². The molecule has 4 rings (SSSR count). The van der Waals surface area contributed by atoms with Crippen molar-refractivity contribution in [2.75, 3.05) is 31.1 Å². The van der Waals surface area contributed by atoms with Crippen LogP contribution in [0.2, 0.25) is 0 Å². The fraction of sp³-hybridized carbons (Fsp3) is 0.273. The molecule has 0 aliphatic carbocycles. The molecule has 2 aromatic heterocycles. The number of piperazine rings is 1. The zero-order chi connectivity index (χ0) is 19.5. The second kappa shape index (κ2) is 7.76. The van der Waals surface area contributed by atoms with Crippen LogP contribution in [0.1, 0.15) is 21.5 Å².